The molecule has 0 aliphatic carbocycles. The number of carbonyl (C=O) groups excluding carboxylic acids is 1. The van der Waals surface area contributed by atoms with Crippen molar-refractivity contribution >= 4 is 21.8 Å². The fourth-order valence-electron chi connectivity index (χ4n) is 2.98. The van der Waals surface area contributed by atoms with Crippen molar-refractivity contribution in [3.8, 4) is 0 Å². The number of rotatable bonds is 3. The molecule has 2 unspecified atom stereocenters. The summed E-state index contributed by atoms with van der Waals surface area (Å²) in [6, 6.07) is 4.64. The Morgan fingerprint density at radius 2 is 2.38 bits per heavy atom. The number of hydrogen-bond acceptors (Lipinski definition) is 3. The second-order valence-electron chi connectivity index (χ2n) is 5.58. The molecule has 21 heavy (non-hydrogen) atoms. The second-order valence-corrected chi connectivity index (χ2v) is 6.43. The van der Waals surface area contributed by atoms with Crippen LogP contribution in [-0.4, -0.2) is 49.2 Å². The molecule has 2 atom stereocenters. The Bertz CT molecular complexity index is 540. The minimum atomic E-state index is -0.419. The maximum absolute atomic E-state index is 13.2. The zero-order chi connectivity index (χ0) is 14.8. The molecule has 3 rings (SSSR count). The van der Waals surface area contributed by atoms with Crippen LogP contribution in [0.15, 0.2) is 22.7 Å². The molecule has 0 radical (unpaired) electrons. The largest absolute Gasteiger partial charge is 0.373 e. The van der Waals surface area contributed by atoms with Gasteiger partial charge in [0.05, 0.1) is 18.3 Å². The Kier molecular flexibility index (Phi) is 4.57. The first kappa shape index (κ1) is 14.9. The molecule has 0 bridgehead atoms. The number of morpholine rings is 1. The molecule has 1 aromatic carbocycles. The molecule has 0 spiro atoms. The van der Waals surface area contributed by atoms with Crippen molar-refractivity contribution in [2.24, 2.45) is 0 Å². The smallest absolute Gasteiger partial charge is 0.252 e. The molecule has 2 fully saturated rings. The van der Waals surface area contributed by atoms with E-state index < -0.39 is 5.82 Å². The first-order chi connectivity index (χ1) is 10.1. The lowest BCUT2D eigenvalue weighted by Gasteiger charge is -2.35. The molecule has 4 nitrogen and oxygen atoms in total. The first-order valence-electron chi connectivity index (χ1n) is 7.22. The summed E-state index contributed by atoms with van der Waals surface area (Å²) in [4.78, 5) is 14.5. The number of halogens is 2. The van der Waals surface area contributed by atoms with Gasteiger partial charge in [0, 0.05) is 23.6 Å². The fraction of sp³-hybridized carbons (Fsp3) is 0.533. The highest BCUT2D eigenvalue weighted by Crippen LogP contribution is 2.22. The minimum absolute atomic E-state index is 0.00985. The number of amides is 1. The van der Waals surface area contributed by atoms with Crippen LogP contribution in [0.1, 0.15) is 23.2 Å². The molecule has 0 aromatic heterocycles. The zero-order valence-corrected chi connectivity index (χ0v) is 13.2. The molecular weight excluding hydrogens is 339 g/mol. The van der Waals surface area contributed by atoms with Crippen molar-refractivity contribution in [3.63, 3.8) is 0 Å². The maximum atomic E-state index is 13.2. The highest BCUT2D eigenvalue weighted by molar-refractivity contribution is 9.10. The van der Waals surface area contributed by atoms with Crippen molar-refractivity contribution in [1.29, 1.82) is 0 Å². The van der Waals surface area contributed by atoms with Crippen molar-refractivity contribution in [2.45, 2.75) is 25.0 Å². The van der Waals surface area contributed by atoms with Crippen LogP contribution in [0.5, 0.6) is 0 Å². The van der Waals surface area contributed by atoms with E-state index >= 15 is 0 Å². The van der Waals surface area contributed by atoms with E-state index in [0.29, 0.717) is 22.6 Å². The van der Waals surface area contributed by atoms with Crippen LogP contribution in [-0.2, 0) is 4.74 Å². The number of hydrogen-bond donors (Lipinski definition) is 1. The van der Waals surface area contributed by atoms with Crippen molar-refractivity contribution in [3.05, 3.63) is 34.1 Å². The molecule has 2 saturated heterocycles. The molecule has 0 saturated carbocycles. The molecule has 6 heteroatoms. The highest BCUT2D eigenvalue weighted by Gasteiger charge is 2.32. The van der Waals surface area contributed by atoms with Crippen LogP contribution in [0.25, 0.3) is 0 Å². The molecule has 1 amide bonds. The van der Waals surface area contributed by atoms with Crippen LogP contribution in [0.2, 0.25) is 0 Å². The summed E-state index contributed by atoms with van der Waals surface area (Å²) in [6.45, 7) is 3.17. The van der Waals surface area contributed by atoms with E-state index in [1.807, 2.05) is 0 Å². The summed E-state index contributed by atoms with van der Waals surface area (Å²) in [5, 5.41) is 2.83. The topological polar surface area (TPSA) is 41.6 Å². The number of carbonyl (C=O) groups is 1. The van der Waals surface area contributed by atoms with E-state index in [2.05, 4.69) is 26.1 Å². The Hall–Kier alpha value is -0.980. The first-order valence-corrected chi connectivity index (χ1v) is 8.01. The Morgan fingerprint density at radius 1 is 1.52 bits per heavy atom. The summed E-state index contributed by atoms with van der Waals surface area (Å²) in [7, 11) is 0. The third kappa shape index (κ3) is 3.44. The molecule has 1 N–H and O–H groups in total. The Labute approximate surface area is 131 Å². The number of ether oxygens (including phenoxy) is 1. The monoisotopic (exact) mass is 356 g/mol. The van der Waals surface area contributed by atoms with E-state index in [9.17, 15) is 9.18 Å². The van der Waals surface area contributed by atoms with Gasteiger partial charge in [-0.2, -0.15) is 0 Å². The van der Waals surface area contributed by atoms with Gasteiger partial charge in [-0.25, -0.2) is 4.39 Å². The standard InChI is InChI=1S/C15H18BrFN2O2/c16-14-4-3-10(17)6-13(14)15(20)18-7-12-8-19-5-1-2-11(19)9-21-12/h3-4,6,11-12H,1-2,5,7-9H2,(H,18,20). The Morgan fingerprint density at radius 3 is 3.24 bits per heavy atom. The van der Waals surface area contributed by atoms with Gasteiger partial charge in [0.2, 0.25) is 0 Å². The lowest BCUT2D eigenvalue weighted by Crippen LogP contribution is -2.50. The number of fused-ring (bicyclic) bond motifs is 1. The van der Waals surface area contributed by atoms with E-state index in [1.54, 1.807) is 0 Å². The van der Waals surface area contributed by atoms with E-state index in [1.165, 1.54) is 31.0 Å². The fourth-order valence-corrected chi connectivity index (χ4v) is 3.41. The van der Waals surface area contributed by atoms with Crippen LogP contribution in [0, 0.1) is 5.82 Å². The Balaban J connectivity index is 1.55. The van der Waals surface area contributed by atoms with Gasteiger partial charge in [0.25, 0.3) is 5.91 Å². The predicted octanol–water partition coefficient (Wildman–Crippen LogP) is 2.18. The quantitative estimate of drug-likeness (QED) is 0.902. The van der Waals surface area contributed by atoms with Crippen LogP contribution >= 0.6 is 15.9 Å². The van der Waals surface area contributed by atoms with Crippen LogP contribution in [0.4, 0.5) is 4.39 Å². The molecule has 2 aliphatic heterocycles. The molecule has 1 aromatic rings. The van der Waals surface area contributed by atoms with Gasteiger partial charge in [0.15, 0.2) is 0 Å². The third-order valence-corrected chi connectivity index (χ3v) is 4.82. The highest BCUT2D eigenvalue weighted by atomic mass is 79.9. The summed E-state index contributed by atoms with van der Waals surface area (Å²) in [5.41, 5.74) is 0.310. The number of nitrogens with zero attached hydrogens (tertiary/aromatic N) is 1. The second kappa shape index (κ2) is 6.42. The summed E-state index contributed by atoms with van der Waals surface area (Å²) in [5.74, 6) is -0.703. The van der Waals surface area contributed by atoms with Gasteiger partial charge in [-0.15, -0.1) is 0 Å². The lowest BCUT2D eigenvalue weighted by atomic mass is 10.1. The van der Waals surface area contributed by atoms with Crippen LogP contribution in [0.3, 0.4) is 0 Å². The molecular formula is C15H18BrFN2O2. The zero-order valence-electron chi connectivity index (χ0n) is 11.6. The van der Waals surface area contributed by atoms with Crippen LogP contribution < -0.4 is 5.32 Å². The van der Waals surface area contributed by atoms with Gasteiger partial charge in [0.1, 0.15) is 5.82 Å². The van der Waals surface area contributed by atoms with Gasteiger partial charge >= 0.3 is 0 Å². The van der Waals surface area contributed by atoms with Gasteiger partial charge in [-0.05, 0) is 53.5 Å². The third-order valence-electron chi connectivity index (χ3n) is 4.12. The van der Waals surface area contributed by atoms with Gasteiger partial charge in [-0.1, -0.05) is 0 Å². The van der Waals surface area contributed by atoms with Gasteiger partial charge in [-0.3, -0.25) is 9.69 Å². The van der Waals surface area contributed by atoms with E-state index in [-0.39, 0.29) is 12.0 Å². The van der Waals surface area contributed by atoms with Crippen molar-refractivity contribution < 1.29 is 13.9 Å². The minimum Gasteiger partial charge on any atom is -0.373 e. The number of benzene rings is 1. The van der Waals surface area contributed by atoms with Gasteiger partial charge < -0.3 is 10.1 Å². The van der Waals surface area contributed by atoms with Crippen molar-refractivity contribution in [1.82, 2.24) is 10.2 Å². The molecule has 114 valence electrons. The summed E-state index contributed by atoms with van der Waals surface area (Å²) >= 11 is 3.27. The average Bonchev–Trinajstić information content (AvgIpc) is 2.94. The van der Waals surface area contributed by atoms with E-state index in [0.717, 1.165) is 19.7 Å². The number of nitrogens with one attached hydrogen (secondary N) is 1. The lowest BCUT2D eigenvalue weighted by molar-refractivity contribution is -0.0461. The van der Waals surface area contributed by atoms with Crippen molar-refractivity contribution in [2.75, 3.05) is 26.2 Å². The van der Waals surface area contributed by atoms with E-state index in [4.69, 9.17) is 4.74 Å². The predicted molar refractivity (Wildman–Crippen MR) is 80.8 cm³/mol. The SMILES string of the molecule is O=C(NCC1CN2CCCC2CO1)c1cc(F)ccc1Br. The summed E-state index contributed by atoms with van der Waals surface area (Å²) < 4.78 is 19.6. The molecule has 2 aliphatic rings. The molecule has 2 heterocycles. The average molecular weight is 357 g/mol. The summed E-state index contributed by atoms with van der Waals surface area (Å²) in [6.07, 6.45) is 2.44. The maximum Gasteiger partial charge on any atom is 0.252 e. The normalized spacial score (nSPS) is 25.6.